The number of benzene rings is 1. The van der Waals surface area contributed by atoms with Gasteiger partial charge < -0.3 is 5.73 Å². The van der Waals surface area contributed by atoms with Crippen molar-refractivity contribution in [2.75, 3.05) is 6.54 Å². The molecule has 3 N–H and O–H groups in total. The van der Waals surface area contributed by atoms with E-state index in [0.717, 1.165) is 10.7 Å². The highest BCUT2D eigenvalue weighted by Gasteiger charge is 2.15. The van der Waals surface area contributed by atoms with Crippen molar-refractivity contribution in [2.24, 2.45) is 5.73 Å². The number of sulfonamides is 1. The van der Waals surface area contributed by atoms with E-state index >= 15 is 0 Å². The van der Waals surface area contributed by atoms with E-state index < -0.39 is 10.0 Å². The molecule has 0 spiro atoms. The van der Waals surface area contributed by atoms with Gasteiger partial charge in [-0.15, -0.1) is 11.3 Å². The molecule has 21 heavy (non-hydrogen) atoms. The summed E-state index contributed by atoms with van der Waals surface area (Å²) in [5, 5.41) is 3.37. The standard InChI is InChI=1S/C13H16ClN3O2S2/c1-9-17-11(8-20-9)4-5-16-21(18,19)12-2-3-13(14)10(6-12)7-15/h2-3,6,8,16H,4-5,7,15H2,1H3. The summed E-state index contributed by atoms with van der Waals surface area (Å²) in [6.07, 6.45) is 0.556. The van der Waals surface area contributed by atoms with Crippen molar-refractivity contribution < 1.29 is 8.42 Å². The maximum absolute atomic E-state index is 12.2. The molecule has 2 aromatic rings. The Morgan fingerprint density at radius 2 is 2.19 bits per heavy atom. The van der Waals surface area contributed by atoms with E-state index in [-0.39, 0.29) is 11.4 Å². The lowest BCUT2D eigenvalue weighted by Crippen LogP contribution is -2.26. The number of thiazole rings is 1. The molecule has 0 amide bonds. The van der Waals surface area contributed by atoms with Gasteiger partial charge in [-0.05, 0) is 30.7 Å². The van der Waals surface area contributed by atoms with Crippen LogP contribution in [0.3, 0.4) is 0 Å². The van der Waals surface area contributed by atoms with Crippen molar-refractivity contribution in [2.45, 2.75) is 24.8 Å². The number of nitrogens with two attached hydrogens (primary N) is 1. The molecule has 0 atom stereocenters. The van der Waals surface area contributed by atoms with Crippen molar-refractivity contribution in [1.29, 1.82) is 0 Å². The number of aryl methyl sites for hydroxylation is 1. The van der Waals surface area contributed by atoms with Crippen molar-refractivity contribution in [1.82, 2.24) is 9.71 Å². The van der Waals surface area contributed by atoms with Gasteiger partial charge >= 0.3 is 0 Å². The smallest absolute Gasteiger partial charge is 0.240 e. The van der Waals surface area contributed by atoms with Gasteiger partial charge in [-0.1, -0.05) is 11.6 Å². The molecular weight excluding hydrogens is 330 g/mol. The minimum absolute atomic E-state index is 0.168. The molecule has 0 saturated carbocycles. The average molecular weight is 346 g/mol. The van der Waals surface area contributed by atoms with Gasteiger partial charge in [-0.3, -0.25) is 0 Å². The third-order valence-electron chi connectivity index (χ3n) is 2.89. The van der Waals surface area contributed by atoms with Crippen LogP contribution in [0.2, 0.25) is 5.02 Å². The van der Waals surface area contributed by atoms with Gasteiger partial charge in [0.05, 0.1) is 15.6 Å². The molecule has 8 heteroatoms. The van der Waals surface area contributed by atoms with Gasteiger partial charge in [0.15, 0.2) is 0 Å². The number of nitrogens with one attached hydrogen (secondary N) is 1. The van der Waals surface area contributed by atoms with Gasteiger partial charge in [0.1, 0.15) is 0 Å². The molecule has 1 aromatic carbocycles. The van der Waals surface area contributed by atoms with Crippen LogP contribution in [0.15, 0.2) is 28.5 Å². The van der Waals surface area contributed by atoms with Crippen molar-refractivity contribution in [3.63, 3.8) is 0 Å². The number of hydrogen-bond acceptors (Lipinski definition) is 5. The Hall–Kier alpha value is -0.990. The predicted molar refractivity (Wildman–Crippen MR) is 85.1 cm³/mol. The zero-order valence-corrected chi connectivity index (χ0v) is 13.9. The van der Waals surface area contributed by atoms with E-state index in [2.05, 4.69) is 9.71 Å². The second kappa shape index (κ2) is 6.85. The lowest BCUT2D eigenvalue weighted by Gasteiger charge is -2.08. The molecule has 114 valence electrons. The Morgan fingerprint density at radius 1 is 1.43 bits per heavy atom. The number of nitrogens with zero attached hydrogens (tertiary/aromatic N) is 1. The van der Waals surface area contributed by atoms with Gasteiger partial charge in [-0.25, -0.2) is 18.1 Å². The molecule has 0 radical (unpaired) electrons. The van der Waals surface area contributed by atoms with Crippen molar-refractivity contribution in [3.8, 4) is 0 Å². The van der Waals surface area contributed by atoms with Crippen LogP contribution in [-0.4, -0.2) is 19.9 Å². The Labute approximate surface area is 133 Å². The third kappa shape index (κ3) is 4.24. The van der Waals surface area contributed by atoms with E-state index in [1.54, 1.807) is 17.4 Å². The van der Waals surface area contributed by atoms with E-state index in [4.69, 9.17) is 17.3 Å². The maximum Gasteiger partial charge on any atom is 0.240 e. The minimum Gasteiger partial charge on any atom is -0.326 e. The zero-order chi connectivity index (χ0) is 15.5. The molecule has 0 bridgehead atoms. The first-order valence-electron chi connectivity index (χ1n) is 6.31. The molecule has 0 aliphatic carbocycles. The molecule has 0 fully saturated rings. The second-order valence-corrected chi connectivity index (χ2v) is 7.70. The van der Waals surface area contributed by atoms with Crippen LogP contribution in [0.25, 0.3) is 0 Å². The molecule has 0 aliphatic heterocycles. The topological polar surface area (TPSA) is 85.1 Å². The number of halogens is 1. The Morgan fingerprint density at radius 3 is 2.81 bits per heavy atom. The Kier molecular flexibility index (Phi) is 5.34. The summed E-state index contributed by atoms with van der Waals surface area (Å²) >= 11 is 7.48. The molecular formula is C13H16ClN3O2S2. The van der Waals surface area contributed by atoms with E-state index in [9.17, 15) is 8.42 Å². The zero-order valence-electron chi connectivity index (χ0n) is 11.5. The summed E-state index contributed by atoms with van der Waals surface area (Å²) in [5.41, 5.74) is 7.03. The van der Waals surface area contributed by atoms with E-state index in [1.807, 2.05) is 12.3 Å². The molecule has 2 rings (SSSR count). The van der Waals surface area contributed by atoms with E-state index in [1.165, 1.54) is 12.1 Å². The lowest BCUT2D eigenvalue weighted by atomic mass is 10.2. The fourth-order valence-electron chi connectivity index (χ4n) is 1.79. The molecule has 0 saturated heterocycles. The second-order valence-electron chi connectivity index (χ2n) is 4.46. The van der Waals surface area contributed by atoms with Crippen LogP contribution in [-0.2, 0) is 23.0 Å². The lowest BCUT2D eigenvalue weighted by molar-refractivity contribution is 0.581. The highest BCUT2D eigenvalue weighted by atomic mass is 35.5. The molecule has 0 unspecified atom stereocenters. The predicted octanol–water partition coefficient (Wildman–Crippen LogP) is 2.08. The van der Waals surface area contributed by atoms with Crippen LogP contribution in [0.1, 0.15) is 16.3 Å². The largest absolute Gasteiger partial charge is 0.326 e. The molecule has 1 heterocycles. The minimum atomic E-state index is -3.56. The maximum atomic E-state index is 12.2. The SMILES string of the molecule is Cc1nc(CCNS(=O)(=O)c2ccc(Cl)c(CN)c2)cs1. The van der Waals surface area contributed by atoms with Crippen LogP contribution in [0.5, 0.6) is 0 Å². The monoisotopic (exact) mass is 345 g/mol. The first-order chi connectivity index (χ1) is 9.92. The summed E-state index contributed by atoms with van der Waals surface area (Å²) in [5.74, 6) is 0. The summed E-state index contributed by atoms with van der Waals surface area (Å²) in [4.78, 5) is 4.46. The fourth-order valence-corrected chi connectivity index (χ4v) is 3.72. The van der Waals surface area contributed by atoms with Crippen LogP contribution in [0, 0.1) is 6.92 Å². The normalized spacial score (nSPS) is 11.8. The van der Waals surface area contributed by atoms with Gasteiger partial charge in [0.25, 0.3) is 0 Å². The van der Waals surface area contributed by atoms with Crippen molar-refractivity contribution in [3.05, 3.63) is 44.9 Å². The first-order valence-corrected chi connectivity index (χ1v) is 9.05. The molecule has 0 aliphatic rings. The molecule has 1 aromatic heterocycles. The summed E-state index contributed by atoms with van der Waals surface area (Å²) in [7, 11) is -3.56. The highest BCUT2D eigenvalue weighted by molar-refractivity contribution is 7.89. The van der Waals surface area contributed by atoms with Crippen LogP contribution in [0.4, 0.5) is 0 Å². The molecule has 5 nitrogen and oxygen atoms in total. The van der Waals surface area contributed by atoms with Crippen LogP contribution >= 0.6 is 22.9 Å². The quantitative estimate of drug-likeness (QED) is 0.839. The first kappa shape index (κ1) is 16.4. The van der Waals surface area contributed by atoms with Gasteiger partial charge in [0, 0.05) is 29.9 Å². The number of aromatic nitrogens is 1. The summed E-state index contributed by atoms with van der Waals surface area (Å²) in [6.45, 7) is 2.41. The van der Waals surface area contributed by atoms with Gasteiger partial charge in [-0.2, -0.15) is 0 Å². The summed E-state index contributed by atoms with van der Waals surface area (Å²) < 4.78 is 26.9. The Balaban J connectivity index is 2.04. The Bertz CT molecular complexity index is 729. The van der Waals surface area contributed by atoms with Crippen molar-refractivity contribution >= 4 is 33.0 Å². The van der Waals surface area contributed by atoms with Crippen LogP contribution < -0.4 is 10.5 Å². The third-order valence-corrected chi connectivity index (χ3v) is 5.54. The number of hydrogen-bond donors (Lipinski definition) is 2. The fraction of sp³-hybridized carbons (Fsp3) is 0.308. The van der Waals surface area contributed by atoms with Gasteiger partial charge in [0.2, 0.25) is 10.0 Å². The summed E-state index contributed by atoms with van der Waals surface area (Å²) in [6, 6.07) is 4.51. The highest BCUT2D eigenvalue weighted by Crippen LogP contribution is 2.20. The average Bonchev–Trinajstić information content (AvgIpc) is 2.84. The number of rotatable bonds is 6. The van der Waals surface area contributed by atoms with E-state index in [0.29, 0.717) is 23.6 Å².